The highest BCUT2D eigenvalue weighted by molar-refractivity contribution is 6.15. The monoisotopic (exact) mass is 588 g/mol. The third kappa shape index (κ3) is 5.45. The molecule has 0 atom stereocenters. The van der Waals surface area contributed by atoms with E-state index >= 15 is 0 Å². The maximum atomic E-state index is 14.0. The molecule has 0 saturated carbocycles. The summed E-state index contributed by atoms with van der Waals surface area (Å²) >= 11 is 0. The summed E-state index contributed by atoms with van der Waals surface area (Å²) in [6, 6.07) is 14.5. The molecule has 11 heteroatoms. The quantitative estimate of drug-likeness (QED) is 0.231. The number of benzene rings is 3. The van der Waals surface area contributed by atoms with Crippen molar-refractivity contribution in [1.29, 1.82) is 0 Å². The van der Waals surface area contributed by atoms with Gasteiger partial charge in [0.1, 0.15) is 23.9 Å². The van der Waals surface area contributed by atoms with Gasteiger partial charge < -0.3 is 20.1 Å². The summed E-state index contributed by atoms with van der Waals surface area (Å²) in [6.45, 7) is 1.47. The fraction of sp³-hybridized carbons (Fsp3) is 0.219. The molecule has 2 aliphatic rings. The van der Waals surface area contributed by atoms with Crippen molar-refractivity contribution in [2.75, 3.05) is 23.8 Å². The number of allylic oxidation sites excluding steroid dienone is 1. The number of para-hydroxylation sites is 1. The lowest BCUT2D eigenvalue weighted by Gasteiger charge is -2.21. The van der Waals surface area contributed by atoms with E-state index < -0.39 is 18.8 Å². The van der Waals surface area contributed by atoms with E-state index in [1.165, 1.54) is 27.9 Å². The first-order chi connectivity index (χ1) is 20.7. The second-order valence-electron chi connectivity index (χ2n) is 10.4. The topological polar surface area (TPSA) is 99.7 Å². The minimum atomic E-state index is -2.68. The molecule has 1 saturated heterocycles. The Bertz CT molecular complexity index is 1780. The fourth-order valence-electron chi connectivity index (χ4n) is 5.37. The predicted molar refractivity (Wildman–Crippen MR) is 155 cm³/mol. The van der Waals surface area contributed by atoms with Gasteiger partial charge in [-0.25, -0.2) is 17.9 Å². The summed E-state index contributed by atoms with van der Waals surface area (Å²) in [5.74, 6) is -0.0865. The third-order valence-electron chi connectivity index (χ3n) is 7.46. The first kappa shape index (κ1) is 28.1. The van der Waals surface area contributed by atoms with E-state index in [1.54, 1.807) is 48.5 Å². The molecule has 0 radical (unpaired) electrons. The van der Waals surface area contributed by atoms with Crippen LogP contribution in [-0.4, -0.2) is 41.0 Å². The summed E-state index contributed by atoms with van der Waals surface area (Å²) in [5.41, 5.74) is 10.2. The van der Waals surface area contributed by atoms with Crippen molar-refractivity contribution in [1.82, 2.24) is 9.78 Å². The number of hydrogen-bond acceptors (Lipinski definition) is 6. The number of carbonyl (C=O) groups excluding carboxylic acids is 2. The van der Waals surface area contributed by atoms with Crippen LogP contribution in [0.4, 0.5) is 24.7 Å². The van der Waals surface area contributed by atoms with Crippen LogP contribution in [-0.2, 0) is 11.2 Å². The standard InChI is InChI=1S/C32H27F3N4O4/c1-18-11-22(43-27-6-3-2-5-24(27)33)8-9-25(18)39-32(36)23(16-37-39)31(41)21-12-19-14-26(38-10-4-7-30(38)40)28(15-20(19)13-21)42-17-29(34)35/h2-3,5-6,8-9,11,13-16,29H,4,7,10,12,17,36H2,1H3. The van der Waals surface area contributed by atoms with Gasteiger partial charge in [-0.15, -0.1) is 0 Å². The van der Waals surface area contributed by atoms with E-state index in [1.807, 2.05) is 6.92 Å². The van der Waals surface area contributed by atoms with Crippen molar-refractivity contribution in [2.45, 2.75) is 32.6 Å². The Morgan fingerprint density at radius 3 is 2.63 bits per heavy atom. The number of Topliss-reactive ketones (excluding diaryl/α,β-unsaturated/α-hetero) is 1. The molecule has 2 N–H and O–H groups in total. The molecule has 43 heavy (non-hydrogen) atoms. The van der Waals surface area contributed by atoms with Crippen LogP contribution in [0, 0.1) is 12.7 Å². The summed E-state index contributed by atoms with van der Waals surface area (Å²) in [4.78, 5) is 27.6. The minimum Gasteiger partial charge on any atom is -0.485 e. The molecule has 1 amide bonds. The number of rotatable bonds is 9. The number of nitrogens with two attached hydrogens (primary N) is 1. The lowest BCUT2D eigenvalue weighted by atomic mass is 10.0. The van der Waals surface area contributed by atoms with Crippen LogP contribution in [0.2, 0.25) is 0 Å². The predicted octanol–water partition coefficient (Wildman–Crippen LogP) is 6.29. The van der Waals surface area contributed by atoms with Crippen LogP contribution in [0.3, 0.4) is 0 Å². The van der Waals surface area contributed by atoms with Crippen LogP contribution in [0.1, 0.15) is 39.9 Å². The van der Waals surface area contributed by atoms with Gasteiger partial charge in [-0.3, -0.25) is 9.59 Å². The summed E-state index contributed by atoms with van der Waals surface area (Å²) in [5, 5.41) is 4.35. The third-order valence-corrected chi connectivity index (χ3v) is 7.46. The lowest BCUT2D eigenvalue weighted by molar-refractivity contribution is -0.117. The number of aromatic nitrogens is 2. The van der Waals surface area contributed by atoms with E-state index in [2.05, 4.69) is 5.10 Å². The average Bonchev–Trinajstić information content (AvgIpc) is 3.70. The smallest absolute Gasteiger partial charge is 0.272 e. The Kier molecular flexibility index (Phi) is 7.39. The van der Waals surface area contributed by atoms with Gasteiger partial charge in [0, 0.05) is 25.0 Å². The summed E-state index contributed by atoms with van der Waals surface area (Å²) in [7, 11) is 0. The number of alkyl halides is 2. The van der Waals surface area contributed by atoms with Crippen molar-refractivity contribution >= 4 is 29.3 Å². The molecule has 0 spiro atoms. The van der Waals surface area contributed by atoms with E-state index in [-0.39, 0.29) is 41.0 Å². The van der Waals surface area contributed by atoms with E-state index in [0.29, 0.717) is 47.6 Å². The number of fused-ring (bicyclic) bond motifs is 1. The molecule has 1 aromatic heterocycles. The van der Waals surface area contributed by atoms with E-state index in [4.69, 9.17) is 15.2 Å². The number of aryl methyl sites for hydroxylation is 1. The number of hydrogen-bond donors (Lipinski definition) is 1. The van der Waals surface area contributed by atoms with Gasteiger partial charge in [0.25, 0.3) is 6.43 Å². The van der Waals surface area contributed by atoms with Gasteiger partial charge in [-0.1, -0.05) is 12.1 Å². The zero-order chi connectivity index (χ0) is 30.2. The highest BCUT2D eigenvalue weighted by Gasteiger charge is 2.29. The second-order valence-corrected chi connectivity index (χ2v) is 10.4. The Balaban J connectivity index is 1.24. The second kappa shape index (κ2) is 11.3. The largest absolute Gasteiger partial charge is 0.485 e. The molecule has 1 aliphatic heterocycles. The molecular weight excluding hydrogens is 561 g/mol. The highest BCUT2D eigenvalue weighted by Crippen LogP contribution is 2.40. The zero-order valence-corrected chi connectivity index (χ0v) is 23.1. The minimum absolute atomic E-state index is 0.0961. The van der Waals surface area contributed by atoms with Gasteiger partial charge >= 0.3 is 0 Å². The molecule has 3 aromatic carbocycles. The molecule has 0 unspecified atom stereocenters. The average molecular weight is 589 g/mol. The van der Waals surface area contributed by atoms with Crippen molar-refractivity contribution in [3.05, 3.63) is 94.4 Å². The Labute approximate surface area is 245 Å². The van der Waals surface area contributed by atoms with Crippen molar-refractivity contribution in [2.24, 2.45) is 0 Å². The lowest BCUT2D eigenvalue weighted by Crippen LogP contribution is -2.25. The molecule has 220 valence electrons. The maximum absolute atomic E-state index is 14.0. The van der Waals surface area contributed by atoms with Gasteiger partial charge in [0.2, 0.25) is 5.91 Å². The summed E-state index contributed by atoms with van der Waals surface area (Å²) in [6.07, 6.45) is 1.70. The first-order valence-corrected chi connectivity index (χ1v) is 13.7. The SMILES string of the molecule is Cc1cc(Oc2ccccc2F)ccc1-n1ncc(C(=O)C2=Cc3cc(OCC(F)F)c(N4CCCC4=O)cc3C2)c1N. The maximum Gasteiger partial charge on any atom is 0.272 e. The number of nitrogen functional groups attached to an aromatic ring is 1. The van der Waals surface area contributed by atoms with Crippen molar-refractivity contribution in [3.8, 4) is 22.9 Å². The van der Waals surface area contributed by atoms with Gasteiger partial charge in [-0.05, 0) is 78.6 Å². The number of halogens is 3. The Morgan fingerprint density at radius 2 is 1.91 bits per heavy atom. The molecule has 1 fully saturated rings. The molecule has 8 nitrogen and oxygen atoms in total. The van der Waals surface area contributed by atoms with Crippen LogP contribution in [0.15, 0.2) is 66.4 Å². The Hall–Kier alpha value is -5.06. The van der Waals surface area contributed by atoms with Crippen molar-refractivity contribution in [3.63, 3.8) is 0 Å². The molecule has 2 heterocycles. The van der Waals surface area contributed by atoms with E-state index in [0.717, 1.165) is 11.1 Å². The number of nitrogens with zero attached hydrogens (tertiary/aromatic N) is 3. The van der Waals surface area contributed by atoms with E-state index in [9.17, 15) is 22.8 Å². The zero-order valence-electron chi connectivity index (χ0n) is 23.1. The van der Waals surface area contributed by atoms with Gasteiger partial charge in [0.15, 0.2) is 17.3 Å². The van der Waals surface area contributed by atoms with Crippen molar-refractivity contribution < 1.29 is 32.2 Å². The number of ether oxygens (including phenoxy) is 2. The van der Waals surface area contributed by atoms with Crippen LogP contribution in [0.25, 0.3) is 11.8 Å². The summed E-state index contributed by atoms with van der Waals surface area (Å²) < 4.78 is 52.4. The number of amides is 1. The number of anilines is 2. The van der Waals surface area contributed by atoms with Crippen LogP contribution < -0.4 is 20.1 Å². The van der Waals surface area contributed by atoms with Crippen LogP contribution >= 0.6 is 0 Å². The van der Waals surface area contributed by atoms with Gasteiger partial charge in [0.05, 0.1) is 23.1 Å². The fourth-order valence-corrected chi connectivity index (χ4v) is 5.37. The highest BCUT2D eigenvalue weighted by atomic mass is 19.3. The van der Waals surface area contributed by atoms with Gasteiger partial charge in [-0.2, -0.15) is 5.10 Å². The number of ketones is 1. The normalized spacial score (nSPS) is 14.3. The van der Waals surface area contributed by atoms with Crippen LogP contribution in [0.5, 0.6) is 17.2 Å². The Morgan fingerprint density at radius 1 is 1.09 bits per heavy atom. The molecular formula is C32H27F3N4O4. The first-order valence-electron chi connectivity index (χ1n) is 13.7. The molecule has 1 aliphatic carbocycles. The number of carbonyl (C=O) groups is 2. The molecule has 4 aromatic rings. The molecule has 6 rings (SSSR count). The molecule has 0 bridgehead atoms.